The van der Waals surface area contributed by atoms with Crippen LogP contribution in [0.4, 0.5) is 0 Å². The van der Waals surface area contributed by atoms with Crippen LogP contribution in [0.3, 0.4) is 0 Å². The van der Waals surface area contributed by atoms with Crippen molar-refractivity contribution in [2.24, 2.45) is 0 Å². The van der Waals surface area contributed by atoms with Gasteiger partial charge in [0, 0.05) is 5.75 Å². The van der Waals surface area contributed by atoms with Crippen molar-refractivity contribution in [3.63, 3.8) is 0 Å². The summed E-state index contributed by atoms with van der Waals surface area (Å²) < 4.78 is 0. The summed E-state index contributed by atoms with van der Waals surface area (Å²) in [5.74, 6) is -0.986. The zero-order valence-electron chi connectivity index (χ0n) is 7.22. The molecule has 0 aromatic heterocycles. The second kappa shape index (κ2) is 5.37. The van der Waals surface area contributed by atoms with Gasteiger partial charge in [-0.15, -0.1) is 11.8 Å². The maximum atomic E-state index is 11.5. The minimum Gasteiger partial charge on any atom is -0.396 e. The lowest BCUT2D eigenvalue weighted by Crippen LogP contribution is -2.16. The normalized spacial score (nSPS) is 17.9. The molecule has 1 rings (SSSR count). The van der Waals surface area contributed by atoms with Crippen LogP contribution in [0, 0.1) is 0 Å². The summed E-state index contributed by atoms with van der Waals surface area (Å²) in [6.45, 7) is -0.130. The topological polar surface area (TPSA) is 54.4 Å². The molecule has 0 saturated carbocycles. The average Bonchev–Trinajstić information content (AvgIpc) is 2.24. The van der Waals surface area contributed by atoms with Crippen molar-refractivity contribution in [1.82, 2.24) is 0 Å². The van der Waals surface area contributed by atoms with Crippen molar-refractivity contribution in [2.75, 3.05) is 12.4 Å². The van der Waals surface area contributed by atoms with Gasteiger partial charge in [0.2, 0.25) is 11.6 Å². The van der Waals surface area contributed by atoms with E-state index in [1.54, 1.807) is 0 Å². The number of thioether (sulfide) groups is 1. The summed E-state index contributed by atoms with van der Waals surface area (Å²) in [4.78, 5) is 22.9. The third-order valence-electron chi connectivity index (χ3n) is 1.53. The Balaban J connectivity index is 3.05. The van der Waals surface area contributed by atoms with Crippen LogP contribution in [0.2, 0.25) is 0 Å². The molecule has 0 spiro atoms. The number of aliphatic hydroxyl groups is 1. The van der Waals surface area contributed by atoms with E-state index in [1.165, 1.54) is 0 Å². The Labute approximate surface area is 105 Å². The molecule has 15 heavy (non-hydrogen) atoms. The van der Waals surface area contributed by atoms with Crippen molar-refractivity contribution in [3.05, 3.63) is 20.0 Å². The van der Waals surface area contributed by atoms with E-state index >= 15 is 0 Å². The van der Waals surface area contributed by atoms with Crippen molar-refractivity contribution in [3.8, 4) is 0 Å². The average molecular weight is 288 g/mol. The molecular weight excluding hydrogens is 283 g/mol. The second-order valence-electron chi connectivity index (χ2n) is 2.50. The van der Waals surface area contributed by atoms with Gasteiger partial charge in [-0.25, -0.2) is 0 Å². The van der Waals surface area contributed by atoms with Crippen LogP contribution in [-0.4, -0.2) is 29.0 Å². The van der Waals surface area contributed by atoms with Gasteiger partial charge in [-0.2, -0.15) is 0 Å². The SMILES string of the molecule is O=C1C(Cl)=C(Cl)C(=O)C(SCCO)=C1Cl. The van der Waals surface area contributed by atoms with Gasteiger partial charge in [-0.3, -0.25) is 9.59 Å². The summed E-state index contributed by atoms with van der Waals surface area (Å²) >= 11 is 17.7. The first kappa shape index (κ1) is 13.1. The van der Waals surface area contributed by atoms with E-state index < -0.39 is 11.6 Å². The monoisotopic (exact) mass is 286 g/mol. The number of hydrogen-bond donors (Lipinski definition) is 1. The molecule has 0 radical (unpaired) electrons. The van der Waals surface area contributed by atoms with Gasteiger partial charge in [0.25, 0.3) is 0 Å². The standard InChI is InChI=1S/C8H5Cl3O3S/c9-3-4(10)7(14)8(15-2-1-12)5(11)6(3)13/h12H,1-2H2. The summed E-state index contributed by atoms with van der Waals surface area (Å²) in [7, 11) is 0. The zero-order valence-corrected chi connectivity index (χ0v) is 10.3. The molecule has 0 aromatic rings. The van der Waals surface area contributed by atoms with Crippen LogP contribution in [0.5, 0.6) is 0 Å². The lowest BCUT2D eigenvalue weighted by Gasteiger charge is -2.13. The lowest BCUT2D eigenvalue weighted by molar-refractivity contribution is -0.114. The lowest BCUT2D eigenvalue weighted by atomic mass is 10.1. The smallest absolute Gasteiger partial charge is 0.218 e. The molecule has 82 valence electrons. The van der Waals surface area contributed by atoms with Gasteiger partial charge >= 0.3 is 0 Å². The molecule has 1 N–H and O–H groups in total. The van der Waals surface area contributed by atoms with E-state index in [-0.39, 0.29) is 32.4 Å². The number of rotatable bonds is 3. The Kier molecular flexibility index (Phi) is 4.67. The fourth-order valence-electron chi connectivity index (χ4n) is 0.875. The van der Waals surface area contributed by atoms with Crippen molar-refractivity contribution in [2.45, 2.75) is 0 Å². The van der Waals surface area contributed by atoms with Gasteiger partial charge in [0.05, 0.1) is 11.5 Å². The highest BCUT2D eigenvalue weighted by Gasteiger charge is 2.32. The predicted molar refractivity (Wildman–Crippen MR) is 61.2 cm³/mol. The maximum Gasteiger partial charge on any atom is 0.218 e. The first-order valence-corrected chi connectivity index (χ1v) is 5.90. The van der Waals surface area contributed by atoms with Gasteiger partial charge in [0.15, 0.2) is 0 Å². The second-order valence-corrected chi connectivity index (χ2v) is 4.74. The quantitative estimate of drug-likeness (QED) is 0.807. The molecule has 3 nitrogen and oxygen atoms in total. The fourth-order valence-corrected chi connectivity index (χ4v) is 2.43. The molecule has 0 amide bonds. The molecule has 0 bridgehead atoms. The Morgan fingerprint density at radius 1 is 1.00 bits per heavy atom. The Morgan fingerprint density at radius 3 is 2.07 bits per heavy atom. The van der Waals surface area contributed by atoms with Gasteiger partial charge in [-0.1, -0.05) is 34.8 Å². The minimum absolute atomic E-state index is 0.0325. The van der Waals surface area contributed by atoms with E-state index in [1.807, 2.05) is 0 Å². The summed E-state index contributed by atoms with van der Waals surface area (Å²) in [5, 5.41) is 7.67. The summed E-state index contributed by atoms with van der Waals surface area (Å²) in [6.07, 6.45) is 0. The third-order valence-corrected chi connectivity index (χ3v) is 3.89. The maximum absolute atomic E-state index is 11.5. The number of halogens is 3. The Morgan fingerprint density at radius 2 is 1.53 bits per heavy atom. The first-order chi connectivity index (χ1) is 7.00. The number of carbonyl (C=O) groups is 2. The third kappa shape index (κ3) is 2.57. The molecular formula is C8H5Cl3O3S. The molecule has 0 atom stereocenters. The Hall–Kier alpha value is -0.000000000000000167. The number of Topliss-reactive ketones (excluding diaryl/α,β-unsaturated/α-hetero) is 2. The highest BCUT2D eigenvalue weighted by Crippen LogP contribution is 2.36. The van der Waals surface area contributed by atoms with E-state index in [0.717, 1.165) is 11.8 Å². The number of allylic oxidation sites excluding steroid dienone is 4. The largest absolute Gasteiger partial charge is 0.396 e. The molecule has 7 heteroatoms. The first-order valence-electron chi connectivity index (χ1n) is 3.78. The highest BCUT2D eigenvalue weighted by molar-refractivity contribution is 8.04. The summed E-state index contributed by atoms with van der Waals surface area (Å²) in [6, 6.07) is 0. The summed E-state index contributed by atoms with van der Waals surface area (Å²) in [5.41, 5.74) is 0. The van der Waals surface area contributed by atoms with Crippen LogP contribution in [0.25, 0.3) is 0 Å². The van der Waals surface area contributed by atoms with E-state index in [2.05, 4.69) is 0 Å². The van der Waals surface area contributed by atoms with Crippen LogP contribution < -0.4 is 0 Å². The molecule has 0 unspecified atom stereocenters. The number of hydrogen-bond acceptors (Lipinski definition) is 4. The molecule has 0 fully saturated rings. The van der Waals surface area contributed by atoms with Crippen LogP contribution in [0.1, 0.15) is 0 Å². The molecule has 0 aromatic carbocycles. The zero-order chi connectivity index (χ0) is 11.6. The predicted octanol–water partition coefficient (Wildman–Crippen LogP) is 2.00. The fraction of sp³-hybridized carbons (Fsp3) is 0.250. The van der Waals surface area contributed by atoms with Crippen molar-refractivity contribution >= 4 is 58.1 Å². The van der Waals surface area contributed by atoms with E-state index in [4.69, 9.17) is 39.9 Å². The van der Waals surface area contributed by atoms with Crippen LogP contribution >= 0.6 is 46.6 Å². The van der Waals surface area contributed by atoms with Crippen LogP contribution in [-0.2, 0) is 9.59 Å². The van der Waals surface area contributed by atoms with Crippen LogP contribution in [0.15, 0.2) is 20.0 Å². The molecule has 0 aliphatic heterocycles. The number of aliphatic hydroxyl groups excluding tert-OH is 1. The van der Waals surface area contributed by atoms with Crippen molar-refractivity contribution in [1.29, 1.82) is 0 Å². The Bertz CT molecular complexity index is 387. The van der Waals surface area contributed by atoms with Crippen molar-refractivity contribution < 1.29 is 14.7 Å². The van der Waals surface area contributed by atoms with Gasteiger partial charge < -0.3 is 5.11 Å². The molecule has 1 aliphatic rings. The molecule has 1 aliphatic carbocycles. The highest BCUT2D eigenvalue weighted by atomic mass is 35.5. The minimum atomic E-state index is -0.664. The van der Waals surface area contributed by atoms with E-state index in [9.17, 15) is 9.59 Å². The molecule has 0 saturated heterocycles. The number of carbonyl (C=O) groups excluding carboxylic acids is 2. The number of ketones is 2. The van der Waals surface area contributed by atoms with Gasteiger partial charge in [0.1, 0.15) is 15.1 Å². The molecule has 0 heterocycles. The van der Waals surface area contributed by atoms with Gasteiger partial charge in [-0.05, 0) is 0 Å². The van der Waals surface area contributed by atoms with E-state index in [0.29, 0.717) is 0 Å².